The molecule has 150 valence electrons. The lowest BCUT2D eigenvalue weighted by atomic mass is 9.87. The zero-order chi connectivity index (χ0) is 20.5. The first-order valence-corrected chi connectivity index (χ1v) is 9.05. The molecule has 5 nitrogen and oxygen atoms in total. The molecule has 1 aliphatic rings. The molecule has 0 saturated heterocycles. The highest BCUT2D eigenvalue weighted by atomic mass is 19.1. The van der Waals surface area contributed by atoms with Gasteiger partial charge in [0.15, 0.2) is 0 Å². The van der Waals surface area contributed by atoms with E-state index in [0.29, 0.717) is 12.0 Å². The van der Waals surface area contributed by atoms with E-state index in [2.05, 4.69) is 10.6 Å². The third-order valence-electron chi connectivity index (χ3n) is 4.97. The minimum atomic E-state index is -0.623. The highest BCUT2D eigenvalue weighted by Crippen LogP contribution is 2.64. The number of carbonyl (C=O) groups excluding carboxylic acids is 2. The van der Waals surface area contributed by atoms with Crippen LogP contribution in [0, 0.1) is 17.0 Å². The molecule has 2 amide bonds. The van der Waals surface area contributed by atoms with Gasteiger partial charge in [0.25, 0.3) is 0 Å². The predicted molar refractivity (Wildman–Crippen MR) is 98.3 cm³/mol. The van der Waals surface area contributed by atoms with Gasteiger partial charge < -0.3 is 15.4 Å². The minimum Gasteiger partial charge on any atom is -0.444 e. The first kappa shape index (κ1) is 21.1. The summed E-state index contributed by atoms with van der Waals surface area (Å²) < 4.78 is 32.6. The molecular weight excluding hydrogens is 354 g/mol. The highest BCUT2D eigenvalue weighted by molar-refractivity contribution is 5.77. The quantitative estimate of drug-likeness (QED) is 0.789. The van der Waals surface area contributed by atoms with Crippen LogP contribution in [0.2, 0.25) is 0 Å². The molecule has 1 atom stereocenters. The number of hydrogen-bond donors (Lipinski definition) is 2. The standard InChI is InChI=1S/C20H28F2N2O3/c1-18(2,3)27-17(26)23-9-8-16(25)24-12-20(11-19(20,4)5)14-7-6-13(21)10-15(14)22/h6-7,10H,8-9,11-12H2,1-5H3,(H,23,26)(H,24,25). The van der Waals surface area contributed by atoms with Gasteiger partial charge in [0, 0.05) is 31.0 Å². The van der Waals surface area contributed by atoms with E-state index in [-0.39, 0.29) is 30.8 Å². The maximum Gasteiger partial charge on any atom is 0.407 e. The number of rotatable bonds is 6. The fourth-order valence-electron chi connectivity index (χ4n) is 3.37. The van der Waals surface area contributed by atoms with Gasteiger partial charge in [-0.25, -0.2) is 13.6 Å². The molecule has 0 bridgehead atoms. The molecule has 2 rings (SSSR count). The molecule has 27 heavy (non-hydrogen) atoms. The maximum absolute atomic E-state index is 14.3. The predicted octanol–water partition coefficient (Wildman–Crippen LogP) is 3.66. The summed E-state index contributed by atoms with van der Waals surface area (Å²) in [5.41, 5.74) is -0.941. The van der Waals surface area contributed by atoms with Crippen LogP contribution < -0.4 is 10.6 Å². The van der Waals surface area contributed by atoms with Crippen LogP contribution in [-0.2, 0) is 14.9 Å². The summed E-state index contributed by atoms with van der Waals surface area (Å²) in [7, 11) is 0. The van der Waals surface area contributed by atoms with Crippen LogP contribution >= 0.6 is 0 Å². The Kier molecular flexibility index (Phi) is 5.82. The Morgan fingerprint density at radius 3 is 2.33 bits per heavy atom. The van der Waals surface area contributed by atoms with Crippen molar-refractivity contribution in [2.24, 2.45) is 5.41 Å². The molecule has 0 spiro atoms. The molecule has 1 aromatic rings. The van der Waals surface area contributed by atoms with Crippen LogP contribution in [0.25, 0.3) is 0 Å². The van der Waals surface area contributed by atoms with E-state index in [4.69, 9.17) is 4.74 Å². The van der Waals surface area contributed by atoms with Crippen molar-refractivity contribution in [1.29, 1.82) is 0 Å². The fraction of sp³-hybridized carbons (Fsp3) is 0.600. The van der Waals surface area contributed by atoms with Crippen LogP contribution in [0.1, 0.15) is 53.0 Å². The van der Waals surface area contributed by atoms with Crippen molar-refractivity contribution in [1.82, 2.24) is 10.6 Å². The topological polar surface area (TPSA) is 67.4 Å². The highest BCUT2D eigenvalue weighted by Gasteiger charge is 2.62. The first-order chi connectivity index (χ1) is 12.4. The molecule has 2 N–H and O–H groups in total. The molecule has 0 aromatic heterocycles. The Balaban J connectivity index is 1.88. The molecule has 1 fully saturated rings. The van der Waals surface area contributed by atoms with Gasteiger partial charge >= 0.3 is 6.09 Å². The number of benzene rings is 1. The molecule has 0 heterocycles. The van der Waals surface area contributed by atoms with Gasteiger partial charge in [0.1, 0.15) is 17.2 Å². The van der Waals surface area contributed by atoms with Crippen LogP contribution in [0.4, 0.5) is 13.6 Å². The average Bonchev–Trinajstić information content (AvgIpc) is 3.05. The van der Waals surface area contributed by atoms with Gasteiger partial charge in [-0.05, 0) is 44.2 Å². The Bertz CT molecular complexity index is 728. The van der Waals surface area contributed by atoms with Gasteiger partial charge in [-0.3, -0.25) is 4.79 Å². The summed E-state index contributed by atoms with van der Waals surface area (Å²) in [6.07, 6.45) is 0.198. The lowest BCUT2D eigenvalue weighted by Crippen LogP contribution is -2.38. The molecule has 1 unspecified atom stereocenters. The number of amides is 2. The molecule has 0 aliphatic heterocycles. The van der Waals surface area contributed by atoms with Crippen molar-refractivity contribution in [3.8, 4) is 0 Å². The number of hydrogen-bond acceptors (Lipinski definition) is 3. The van der Waals surface area contributed by atoms with Gasteiger partial charge in [0.2, 0.25) is 5.91 Å². The number of carbonyl (C=O) groups is 2. The monoisotopic (exact) mass is 382 g/mol. The lowest BCUT2D eigenvalue weighted by Gasteiger charge is -2.23. The summed E-state index contributed by atoms with van der Waals surface area (Å²) >= 11 is 0. The Morgan fingerprint density at radius 1 is 1.19 bits per heavy atom. The van der Waals surface area contributed by atoms with E-state index in [1.807, 2.05) is 13.8 Å². The summed E-state index contributed by atoms with van der Waals surface area (Å²) in [6, 6.07) is 3.56. The molecule has 1 aromatic carbocycles. The zero-order valence-electron chi connectivity index (χ0n) is 16.5. The Labute approximate surface area is 158 Å². The second-order valence-electron chi connectivity index (χ2n) is 8.72. The molecular formula is C20H28F2N2O3. The minimum absolute atomic E-state index is 0.0850. The number of alkyl carbamates (subject to hydrolysis) is 1. The smallest absolute Gasteiger partial charge is 0.407 e. The number of ether oxygens (including phenoxy) is 1. The van der Waals surface area contributed by atoms with Crippen LogP contribution in [0.15, 0.2) is 18.2 Å². The molecule has 7 heteroatoms. The first-order valence-electron chi connectivity index (χ1n) is 9.05. The van der Waals surface area contributed by atoms with E-state index in [1.54, 1.807) is 20.8 Å². The maximum atomic E-state index is 14.3. The summed E-state index contributed by atoms with van der Waals surface area (Å²) in [5, 5.41) is 5.33. The Morgan fingerprint density at radius 2 is 1.81 bits per heavy atom. The zero-order valence-corrected chi connectivity index (χ0v) is 16.5. The van der Waals surface area contributed by atoms with Crippen molar-refractivity contribution in [3.63, 3.8) is 0 Å². The summed E-state index contributed by atoms with van der Waals surface area (Å²) in [6.45, 7) is 9.65. The van der Waals surface area contributed by atoms with Gasteiger partial charge in [-0.15, -0.1) is 0 Å². The molecule has 1 saturated carbocycles. The van der Waals surface area contributed by atoms with Gasteiger partial charge in [-0.2, -0.15) is 0 Å². The van der Waals surface area contributed by atoms with E-state index in [0.717, 1.165) is 6.07 Å². The molecule has 1 aliphatic carbocycles. The third-order valence-corrected chi connectivity index (χ3v) is 4.97. The van der Waals surface area contributed by atoms with Crippen molar-refractivity contribution in [3.05, 3.63) is 35.4 Å². The van der Waals surface area contributed by atoms with Gasteiger partial charge in [0.05, 0.1) is 0 Å². The van der Waals surface area contributed by atoms with Crippen molar-refractivity contribution in [2.45, 2.75) is 58.5 Å². The average molecular weight is 382 g/mol. The van der Waals surface area contributed by atoms with E-state index < -0.39 is 28.7 Å². The third kappa shape index (κ3) is 5.17. The van der Waals surface area contributed by atoms with E-state index >= 15 is 0 Å². The fourth-order valence-corrected chi connectivity index (χ4v) is 3.37. The second-order valence-corrected chi connectivity index (χ2v) is 8.72. The normalized spacial score (nSPS) is 20.7. The van der Waals surface area contributed by atoms with Gasteiger partial charge in [-0.1, -0.05) is 19.9 Å². The van der Waals surface area contributed by atoms with Crippen LogP contribution in [-0.4, -0.2) is 30.7 Å². The number of nitrogens with one attached hydrogen (secondary N) is 2. The Hall–Kier alpha value is -2.18. The largest absolute Gasteiger partial charge is 0.444 e. The van der Waals surface area contributed by atoms with Crippen LogP contribution in [0.5, 0.6) is 0 Å². The lowest BCUT2D eigenvalue weighted by molar-refractivity contribution is -0.121. The van der Waals surface area contributed by atoms with Crippen LogP contribution in [0.3, 0.4) is 0 Å². The van der Waals surface area contributed by atoms with E-state index in [1.165, 1.54) is 12.1 Å². The van der Waals surface area contributed by atoms with Crippen molar-refractivity contribution < 1.29 is 23.1 Å². The van der Waals surface area contributed by atoms with Crippen molar-refractivity contribution in [2.75, 3.05) is 13.1 Å². The van der Waals surface area contributed by atoms with Crippen molar-refractivity contribution >= 4 is 12.0 Å². The molecule has 0 radical (unpaired) electrons. The van der Waals surface area contributed by atoms with E-state index in [9.17, 15) is 18.4 Å². The summed E-state index contributed by atoms with van der Waals surface area (Å²) in [4.78, 5) is 23.7. The number of halogens is 2. The summed E-state index contributed by atoms with van der Waals surface area (Å²) in [5.74, 6) is -1.47. The second kappa shape index (κ2) is 7.44. The SMILES string of the molecule is CC(C)(C)OC(=O)NCCC(=O)NCC1(c2ccc(F)cc2F)CC1(C)C.